The maximum absolute atomic E-state index is 6.11. The standard InChI is InChI=1S/C14H24N2/c1-14(2,3)12-8-6-11(7-9-12)13(15)10-16(4)5/h6-9,13H,10,15H2,1-5H3. The molecule has 2 heteroatoms. The molecule has 0 radical (unpaired) electrons. The minimum absolute atomic E-state index is 0.101. The summed E-state index contributed by atoms with van der Waals surface area (Å²) in [7, 11) is 4.09. The van der Waals surface area contributed by atoms with Gasteiger partial charge in [-0.15, -0.1) is 0 Å². The Balaban J connectivity index is 2.79. The zero-order chi connectivity index (χ0) is 12.3. The molecule has 0 bridgehead atoms. The quantitative estimate of drug-likeness (QED) is 0.848. The predicted molar refractivity (Wildman–Crippen MR) is 70.6 cm³/mol. The van der Waals surface area contributed by atoms with Crippen LogP contribution in [0.4, 0.5) is 0 Å². The average Bonchev–Trinajstić information content (AvgIpc) is 2.15. The molecule has 1 aromatic rings. The van der Waals surface area contributed by atoms with Gasteiger partial charge in [-0.05, 0) is 30.6 Å². The maximum atomic E-state index is 6.11. The van der Waals surface area contributed by atoms with E-state index in [4.69, 9.17) is 5.73 Å². The Morgan fingerprint density at radius 1 is 1.12 bits per heavy atom. The molecule has 0 saturated carbocycles. The molecule has 0 aliphatic carbocycles. The molecule has 0 heterocycles. The number of rotatable bonds is 3. The molecule has 0 aliphatic rings. The van der Waals surface area contributed by atoms with Crippen molar-refractivity contribution in [2.45, 2.75) is 32.2 Å². The highest BCUT2D eigenvalue weighted by Crippen LogP contribution is 2.23. The van der Waals surface area contributed by atoms with Gasteiger partial charge in [0, 0.05) is 12.6 Å². The highest BCUT2D eigenvalue weighted by atomic mass is 15.1. The Bertz CT molecular complexity index is 320. The summed E-state index contributed by atoms with van der Waals surface area (Å²) in [5.74, 6) is 0. The van der Waals surface area contributed by atoms with Crippen LogP contribution in [-0.2, 0) is 5.41 Å². The molecule has 0 spiro atoms. The van der Waals surface area contributed by atoms with E-state index in [2.05, 4.69) is 49.9 Å². The van der Waals surface area contributed by atoms with Gasteiger partial charge in [0.25, 0.3) is 0 Å². The summed E-state index contributed by atoms with van der Waals surface area (Å²) in [6.45, 7) is 7.56. The van der Waals surface area contributed by atoms with Crippen molar-refractivity contribution in [1.82, 2.24) is 4.90 Å². The van der Waals surface area contributed by atoms with Crippen LogP contribution >= 0.6 is 0 Å². The average molecular weight is 220 g/mol. The molecule has 0 amide bonds. The predicted octanol–water partition coefficient (Wildman–Crippen LogP) is 2.55. The van der Waals surface area contributed by atoms with E-state index in [1.807, 2.05) is 14.1 Å². The van der Waals surface area contributed by atoms with Gasteiger partial charge in [0.15, 0.2) is 0 Å². The van der Waals surface area contributed by atoms with Crippen LogP contribution in [0.2, 0.25) is 0 Å². The fraction of sp³-hybridized carbons (Fsp3) is 0.571. The number of likely N-dealkylation sites (N-methyl/N-ethyl adjacent to an activating group) is 1. The Hall–Kier alpha value is -0.860. The van der Waals surface area contributed by atoms with Crippen LogP contribution in [0.1, 0.15) is 37.9 Å². The first kappa shape index (κ1) is 13.2. The van der Waals surface area contributed by atoms with Crippen molar-refractivity contribution in [2.24, 2.45) is 5.73 Å². The fourth-order valence-electron chi connectivity index (χ4n) is 1.73. The highest BCUT2D eigenvalue weighted by Gasteiger charge is 2.14. The number of nitrogens with zero attached hydrogens (tertiary/aromatic N) is 1. The van der Waals surface area contributed by atoms with Crippen molar-refractivity contribution >= 4 is 0 Å². The number of nitrogens with two attached hydrogens (primary N) is 1. The van der Waals surface area contributed by atoms with Crippen LogP contribution in [0.5, 0.6) is 0 Å². The molecule has 1 atom stereocenters. The lowest BCUT2D eigenvalue weighted by Crippen LogP contribution is -2.26. The Morgan fingerprint density at radius 3 is 2.00 bits per heavy atom. The largest absolute Gasteiger partial charge is 0.323 e. The summed E-state index contributed by atoms with van der Waals surface area (Å²) in [5.41, 5.74) is 8.89. The van der Waals surface area contributed by atoms with Gasteiger partial charge in [0.05, 0.1) is 0 Å². The van der Waals surface area contributed by atoms with Crippen molar-refractivity contribution < 1.29 is 0 Å². The Labute approximate surface area is 99.5 Å². The molecule has 0 fully saturated rings. The zero-order valence-corrected chi connectivity index (χ0v) is 11.1. The van der Waals surface area contributed by atoms with E-state index in [1.165, 1.54) is 11.1 Å². The zero-order valence-electron chi connectivity index (χ0n) is 11.1. The molecule has 2 nitrogen and oxygen atoms in total. The third kappa shape index (κ3) is 3.62. The van der Waals surface area contributed by atoms with E-state index in [9.17, 15) is 0 Å². The summed E-state index contributed by atoms with van der Waals surface area (Å²) < 4.78 is 0. The van der Waals surface area contributed by atoms with Crippen molar-refractivity contribution in [1.29, 1.82) is 0 Å². The molecule has 90 valence electrons. The fourth-order valence-corrected chi connectivity index (χ4v) is 1.73. The molecular weight excluding hydrogens is 196 g/mol. The third-order valence-corrected chi connectivity index (χ3v) is 2.77. The van der Waals surface area contributed by atoms with Crippen LogP contribution in [0.25, 0.3) is 0 Å². The second-order valence-electron chi connectivity index (χ2n) is 5.74. The highest BCUT2D eigenvalue weighted by molar-refractivity contribution is 5.29. The van der Waals surface area contributed by atoms with Gasteiger partial charge in [0.1, 0.15) is 0 Å². The first-order valence-electron chi connectivity index (χ1n) is 5.81. The lowest BCUT2D eigenvalue weighted by Gasteiger charge is -2.21. The summed E-state index contributed by atoms with van der Waals surface area (Å²) in [5, 5.41) is 0. The number of hydrogen-bond donors (Lipinski definition) is 1. The van der Waals surface area contributed by atoms with Crippen molar-refractivity contribution in [3.63, 3.8) is 0 Å². The van der Waals surface area contributed by atoms with Gasteiger partial charge in [-0.25, -0.2) is 0 Å². The normalized spacial score (nSPS) is 14.2. The third-order valence-electron chi connectivity index (χ3n) is 2.77. The van der Waals surface area contributed by atoms with E-state index < -0.39 is 0 Å². The van der Waals surface area contributed by atoms with Crippen LogP contribution < -0.4 is 5.73 Å². The maximum Gasteiger partial charge on any atom is 0.0424 e. The van der Waals surface area contributed by atoms with E-state index in [0.29, 0.717) is 0 Å². The molecule has 0 aromatic heterocycles. The van der Waals surface area contributed by atoms with E-state index in [0.717, 1.165) is 6.54 Å². The van der Waals surface area contributed by atoms with Crippen molar-refractivity contribution in [3.05, 3.63) is 35.4 Å². The minimum atomic E-state index is 0.101. The van der Waals surface area contributed by atoms with Gasteiger partial charge in [-0.2, -0.15) is 0 Å². The van der Waals surface area contributed by atoms with Crippen LogP contribution in [0.15, 0.2) is 24.3 Å². The molecule has 2 N–H and O–H groups in total. The van der Waals surface area contributed by atoms with E-state index >= 15 is 0 Å². The molecule has 1 aromatic carbocycles. The van der Waals surface area contributed by atoms with Crippen molar-refractivity contribution in [2.75, 3.05) is 20.6 Å². The van der Waals surface area contributed by atoms with Gasteiger partial charge in [-0.1, -0.05) is 45.0 Å². The molecule has 16 heavy (non-hydrogen) atoms. The lowest BCUT2D eigenvalue weighted by molar-refractivity contribution is 0.376. The van der Waals surface area contributed by atoms with Gasteiger partial charge < -0.3 is 10.6 Å². The molecule has 0 aliphatic heterocycles. The molecule has 0 saturated heterocycles. The summed E-state index contributed by atoms with van der Waals surface area (Å²) >= 11 is 0. The monoisotopic (exact) mass is 220 g/mol. The molecular formula is C14H24N2. The van der Waals surface area contributed by atoms with E-state index in [-0.39, 0.29) is 11.5 Å². The van der Waals surface area contributed by atoms with Crippen LogP contribution in [-0.4, -0.2) is 25.5 Å². The van der Waals surface area contributed by atoms with Gasteiger partial charge in [-0.3, -0.25) is 0 Å². The van der Waals surface area contributed by atoms with Gasteiger partial charge in [0.2, 0.25) is 0 Å². The topological polar surface area (TPSA) is 29.3 Å². The number of hydrogen-bond acceptors (Lipinski definition) is 2. The SMILES string of the molecule is CN(C)CC(N)c1ccc(C(C)(C)C)cc1. The Morgan fingerprint density at radius 2 is 1.62 bits per heavy atom. The Kier molecular flexibility index (Phi) is 4.11. The summed E-state index contributed by atoms with van der Waals surface area (Å²) in [4.78, 5) is 2.11. The van der Waals surface area contributed by atoms with Crippen LogP contribution in [0, 0.1) is 0 Å². The molecule has 1 rings (SSSR count). The summed E-state index contributed by atoms with van der Waals surface area (Å²) in [6, 6.07) is 8.77. The second-order valence-corrected chi connectivity index (χ2v) is 5.74. The summed E-state index contributed by atoms with van der Waals surface area (Å²) in [6.07, 6.45) is 0. The lowest BCUT2D eigenvalue weighted by atomic mass is 9.86. The van der Waals surface area contributed by atoms with Gasteiger partial charge >= 0.3 is 0 Å². The smallest absolute Gasteiger partial charge is 0.0424 e. The van der Waals surface area contributed by atoms with Crippen molar-refractivity contribution in [3.8, 4) is 0 Å². The number of benzene rings is 1. The second kappa shape index (κ2) is 4.98. The first-order valence-corrected chi connectivity index (χ1v) is 5.81. The molecule has 1 unspecified atom stereocenters. The van der Waals surface area contributed by atoms with E-state index in [1.54, 1.807) is 0 Å². The minimum Gasteiger partial charge on any atom is -0.323 e. The van der Waals surface area contributed by atoms with Crippen LogP contribution in [0.3, 0.4) is 0 Å². The first-order chi connectivity index (χ1) is 7.30.